The molecule has 4 aromatic rings. The molecule has 2 heterocycles. The summed E-state index contributed by atoms with van der Waals surface area (Å²) >= 11 is 0. The van der Waals surface area contributed by atoms with Crippen molar-refractivity contribution in [1.29, 1.82) is 5.26 Å². The van der Waals surface area contributed by atoms with Crippen molar-refractivity contribution in [3.63, 3.8) is 0 Å². The van der Waals surface area contributed by atoms with E-state index in [1.807, 2.05) is 13.0 Å². The Morgan fingerprint density at radius 2 is 1.74 bits per heavy atom. The first kappa shape index (κ1) is 25.6. The summed E-state index contributed by atoms with van der Waals surface area (Å²) < 4.78 is 6.65. The summed E-state index contributed by atoms with van der Waals surface area (Å²) in [5.41, 5.74) is 2.61. The lowest BCUT2D eigenvalue weighted by molar-refractivity contribution is 0.0924. The first-order valence-electron chi connectivity index (χ1n) is 12.0. The Bertz CT molecular complexity index is 1640. The van der Waals surface area contributed by atoms with Crippen molar-refractivity contribution in [3.8, 4) is 11.8 Å². The van der Waals surface area contributed by atoms with E-state index in [0.717, 1.165) is 0 Å². The van der Waals surface area contributed by atoms with Crippen LogP contribution >= 0.6 is 0 Å². The molecule has 1 atom stereocenters. The van der Waals surface area contributed by atoms with Gasteiger partial charge in [0.2, 0.25) is 0 Å². The van der Waals surface area contributed by atoms with Gasteiger partial charge in [-0.25, -0.2) is 0 Å². The number of aromatic nitrogens is 2. The SMILES string of the molecule is COc1ccc(C(=O)c2ccc(N3C(=O)c4c(C(=O)Nc5cccc(C#N)c5)cnn4C[C@]3(C)[Si])cc2)cc1. The van der Waals surface area contributed by atoms with E-state index in [-0.39, 0.29) is 23.6 Å². The van der Waals surface area contributed by atoms with E-state index in [1.54, 1.807) is 79.9 Å². The predicted octanol–water partition coefficient (Wildman–Crippen LogP) is 3.79. The Morgan fingerprint density at radius 1 is 1.08 bits per heavy atom. The highest BCUT2D eigenvalue weighted by atomic mass is 28.1. The van der Waals surface area contributed by atoms with Gasteiger partial charge in [-0.15, -0.1) is 0 Å². The molecule has 2 amide bonds. The van der Waals surface area contributed by atoms with Gasteiger partial charge in [-0.2, -0.15) is 10.4 Å². The van der Waals surface area contributed by atoms with Crippen LogP contribution in [0.25, 0.3) is 0 Å². The summed E-state index contributed by atoms with van der Waals surface area (Å²) in [4.78, 5) is 41.4. The maximum Gasteiger partial charge on any atom is 0.277 e. The third kappa shape index (κ3) is 4.83. The second-order valence-corrected chi connectivity index (χ2v) is 10.3. The zero-order valence-electron chi connectivity index (χ0n) is 21.1. The van der Waals surface area contributed by atoms with Crippen LogP contribution in [-0.2, 0) is 6.54 Å². The number of nitrogens with one attached hydrogen (secondary N) is 1. The summed E-state index contributed by atoms with van der Waals surface area (Å²) in [6.45, 7) is 2.10. The number of rotatable bonds is 6. The number of carbonyl (C=O) groups excluding carboxylic acids is 3. The smallest absolute Gasteiger partial charge is 0.277 e. The van der Waals surface area contributed by atoms with Gasteiger partial charge in [0.05, 0.1) is 47.3 Å². The molecular weight excluding hydrogens is 510 g/mol. The van der Waals surface area contributed by atoms with E-state index in [2.05, 4.69) is 20.7 Å². The molecule has 1 N–H and O–H groups in total. The molecule has 3 radical (unpaired) electrons. The van der Waals surface area contributed by atoms with Gasteiger partial charge >= 0.3 is 0 Å². The molecule has 0 saturated carbocycles. The standard InChI is InChI=1S/C29H22N5O4Si/c1-29(39)17-33-25(24(16-31-33)27(36)32-21-5-3-4-18(14-21)15-30)28(37)34(29)22-10-6-19(7-11-22)26(35)20-8-12-23(38-2)13-9-20/h3-14,16H,17H2,1-2H3,(H,32,36)/t29-/m0/s1. The molecule has 9 nitrogen and oxygen atoms in total. The molecule has 0 spiro atoms. The number of anilines is 2. The third-order valence-electron chi connectivity index (χ3n) is 6.43. The lowest BCUT2D eigenvalue weighted by Gasteiger charge is -2.42. The Balaban J connectivity index is 1.42. The summed E-state index contributed by atoms with van der Waals surface area (Å²) in [7, 11) is 5.28. The number of fused-ring (bicyclic) bond motifs is 1. The summed E-state index contributed by atoms with van der Waals surface area (Å²) in [5, 5.41) is 15.3. The average Bonchev–Trinajstić information content (AvgIpc) is 3.36. The van der Waals surface area contributed by atoms with E-state index in [9.17, 15) is 14.4 Å². The number of nitrogens with zero attached hydrogens (tertiary/aromatic N) is 4. The molecule has 0 bridgehead atoms. The van der Waals surface area contributed by atoms with Crippen molar-refractivity contribution in [2.24, 2.45) is 0 Å². The lowest BCUT2D eigenvalue weighted by atomic mass is 10.0. The number of benzene rings is 3. The fourth-order valence-corrected chi connectivity index (χ4v) is 4.91. The van der Waals surface area contributed by atoms with Gasteiger partial charge in [0.25, 0.3) is 11.8 Å². The minimum Gasteiger partial charge on any atom is -0.497 e. The monoisotopic (exact) mass is 532 g/mol. The molecule has 3 aromatic carbocycles. The van der Waals surface area contributed by atoms with E-state index in [0.29, 0.717) is 33.8 Å². The number of amides is 2. The van der Waals surface area contributed by atoms with Gasteiger partial charge in [-0.1, -0.05) is 6.07 Å². The van der Waals surface area contributed by atoms with Crippen LogP contribution in [0.2, 0.25) is 0 Å². The largest absolute Gasteiger partial charge is 0.497 e. The Labute approximate surface area is 228 Å². The van der Waals surface area contributed by atoms with Crippen molar-refractivity contribution in [2.75, 3.05) is 17.3 Å². The van der Waals surface area contributed by atoms with Crippen molar-refractivity contribution < 1.29 is 19.1 Å². The van der Waals surface area contributed by atoms with Gasteiger partial charge in [0, 0.05) is 27.7 Å². The van der Waals surface area contributed by atoms with Gasteiger partial charge in [-0.3, -0.25) is 19.1 Å². The topological polar surface area (TPSA) is 117 Å². The van der Waals surface area contributed by atoms with Gasteiger partial charge in [0.15, 0.2) is 5.78 Å². The maximum atomic E-state index is 13.8. The molecule has 1 aliphatic rings. The molecule has 191 valence electrons. The van der Waals surface area contributed by atoms with Crippen molar-refractivity contribution in [3.05, 3.63) is 107 Å². The van der Waals surface area contributed by atoms with E-state index in [4.69, 9.17) is 10.00 Å². The zero-order valence-corrected chi connectivity index (χ0v) is 22.1. The van der Waals surface area contributed by atoms with Gasteiger partial charge in [-0.05, 0) is 73.7 Å². The Morgan fingerprint density at radius 3 is 2.38 bits per heavy atom. The van der Waals surface area contributed by atoms with Crippen molar-refractivity contribution in [1.82, 2.24) is 9.78 Å². The average molecular weight is 533 g/mol. The second kappa shape index (κ2) is 10.0. The number of ether oxygens (including phenoxy) is 1. The molecule has 10 heteroatoms. The third-order valence-corrected chi connectivity index (χ3v) is 6.81. The van der Waals surface area contributed by atoms with E-state index >= 15 is 0 Å². The molecule has 5 rings (SSSR count). The number of methoxy groups -OCH3 is 1. The molecule has 39 heavy (non-hydrogen) atoms. The first-order chi connectivity index (χ1) is 18.7. The molecular formula is C29H22N5O4Si. The van der Waals surface area contributed by atoms with Crippen LogP contribution in [0.1, 0.15) is 49.3 Å². The summed E-state index contributed by atoms with van der Waals surface area (Å²) in [5.74, 6) is -0.447. The van der Waals surface area contributed by atoms with Crippen LogP contribution in [0.5, 0.6) is 5.75 Å². The van der Waals surface area contributed by atoms with Gasteiger partial charge in [0.1, 0.15) is 11.4 Å². The highest BCUT2D eigenvalue weighted by molar-refractivity contribution is 6.25. The number of nitriles is 1. The molecule has 1 aliphatic heterocycles. The minimum atomic E-state index is -0.855. The fourth-order valence-electron chi connectivity index (χ4n) is 4.53. The molecule has 0 unspecified atom stereocenters. The number of carbonyl (C=O) groups is 3. The quantitative estimate of drug-likeness (QED) is 0.298. The number of hydrogen-bond donors (Lipinski definition) is 1. The van der Waals surface area contributed by atoms with Crippen molar-refractivity contribution in [2.45, 2.75) is 18.6 Å². The van der Waals surface area contributed by atoms with Crippen LogP contribution in [-0.4, -0.2) is 49.9 Å². The summed E-state index contributed by atoms with van der Waals surface area (Å²) in [6.07, 6.45) is 1.36. The van der Waals surface area contributed by atoms with Crippen LogP contribution in [0.15, 0.2) is 79.0 Å². The van der Waals surface area contributed by atoms with Crippen LogP contribution in [0, 0.1) is 11.3 Å². The van der Waals surface area contributed by atoms with Crippen molar-refractivity contribution >= 4 is 39.2 Å². The predicted molar refractivity (Wildman–Crippen MR) is 145 cm³/mol. The van der Waals surface area contributed by atoms with E-state index < -0.39 is 17.0 Å². The molecule has 0 aliphatic carbocycles. The second-order valence-electron chi connectivity index (χ2n) is 9.23. The van der Waals surface area contributed by atoms with Crippen LogP contribution in [0.4, 0.5) is 11.4 Å². The minimum absolute atomic E-state index is 0.112. The molecule has 1 aromatic heterocycles. The first-order valence-corrected chi connectivity index (χ1v) is 12.5. The van der Waals surface area contributed by atoms with E-state index in [1.165, 1.54) is 15.8 Å². The lowest BCUT2D eigenvalue weighted by Crippen LogP contribution is -2.58. The number of ketones is 1. The maximum absolute atomic E-state index is 13.8. The molecule has 0 saturated heterocycles. The zero-order chi connectivity index (χ0) is 27.7. The molecule has 0 fully saturated rings. The Hall–Kier alpha value is -5.01. The van der Waals surface area contributed by atoms with Crippen LogP contribution < -0.4 is 15.0 Å². The normalized spacial score (nSPS) is 16.3. The van der Waals surface area contributed by atoms with Gasteiger partial charge < -0.3 is 15.0 Å². The Kier molecular flexibility index (Phi) is 6.60. The van der Waals surface area contributed by atoms with Crippen LogP contribution in [0.3, 0.4) is 0 Å². The fraction of sp³-hybridized carbons (Fsp3) is 0.138. The number of hydrogen-bond acceptors (Lipinski definition) is 6. The highest BCUT2D eigenvalue weighted by Crippen LogP contribution is 2.32. The highest BCUT2D eigenvalue weighted by Gasteiger charge is 2.42. The summed E-state index contributed by atoms with van der Waals surface area (Å²) in [6, 6.07) is 22.1.